The van der Waals surface area contributed by atoms with Crippen LogP contribution in [0.25, 0.3) is 0 Å². The van der Waals surface area contributed by atoms with Crippen molar-refractivity contribution in [2.24, 2.45) is 0 Å². The van der Waals surface area contributed by atoms with Crippen molar-refractivity contribution in [1.29, 1.82) is 0 Å². The second-order valence-corrected chi connectivity index (χ2v) is 4.58. The van der Waals surface area contributed by atoms with Crippen LogP contribution in [0.5, 0.6) is 0 Å². The molecule has 1 amide bonds. The number of nitrogens with one attached hydrogen (secondary N) is 1. The van der Waals surface area contributed by atoms with Gasteiger partial charge in [-0.25, -0.2) is 0 Å². The Morgan fingerprint density at radius 3 is 2.65 bits per heavy atom. The minimum atomic E-state index is 0.0312. The highest BCUT2D eigenvalue weighted by molar-refractivity contribution is 5.76. The average molecular weight is 239 g/mol. The van der Waals surface area contributed by atoms with E-state index in [4.69, 9.17) is 4.52 Å². The summed E-state index contributed by atoms with van der Waals surface area (Å²) in [6.45, 7) is 8.04. The minimum absolute atomic E-state index is 0.0312. The number of nitrogens with zero attached hydrogens (tertiary/aromatic N) is 2. The lowest BCUT2D eigenvalue weighted by molar-refractivity contribution is -0.121. The molecule has 96 valence electrons. The van der Waals surface area contributed by atoms with Crippen LogP contribution in [0.15, 0.2) is 4.52 Å². The van der Waals surface area contributed by atoms with Crippen LogP contribution in [0.2, 0.25) is 0 Å². The number of hydrogen-bond donors (Lipinski definition) is 1. The van der Waals surface area contributed by atoms with Gasteiger partial charge in [-0.3, -0.25) is 4.79 Å². The first-order valence-electron chi connectivity index (χ1n) is 6.14. The number of aromatic nitrogens is 2. The fourth-order valence-electron chi connectivity index (χ4n) is 1.27. The fraction of sp³-hybridized carbons (Fsp3) is 0.750. The van der Waals surface area contributed by atoms with E-state index in [1.807, 2.05) is 27.7 Å². The van der Waals surface area contributed by atoms with Gasteiger partial charge in [-0.05, 0) is 13.3 Å². The van der Waals surface area contributed by atoms with Gasteiger partial charge in [0.1, 0.15) is 0 Å². The zero-order valence-corrected chi connectivity index (χ0v) is 11.0. The Hall–Kier alpha value is -1.39. The zero-order valence-electron chi connectivity index (χ0n) is 11.0. The van der Waals surface area contributed by atoms with Crippen LogP contribution in [-0.2, 0) is 11.2 Å². The standard InChI is InChI=1S/C12H21N3O2/c1-5-9(4)13-10(16)6-7-11-14-12(8(2)3)15-17-11/h8-9H,5-7H2,1-4H3,(H,13,16). The van der Waals surface area contributed by atoms with Crippen LogP contribution in [0.3, 0.4) is 0 Å². The Balaban J connectivity index is 2.37. The molecule has 1 heterocycles. The molecule has 0 saturated heterocycles. The molecule has 0 radical (unpaired) electrons. The van der Waals surface area contributed by atoms with E-state index in [0.29, 0.717) is 24.6 Å². The van der Waals surface area contributed by atoms with Crippen molar-refractivity contribution >= 4 is 5.91 Å². The van der Waals surface area contributed by atoms with E-state index in [-0.39, 0.29) is 17.9 Å². The molecular weight excluding hydrogens is 218 g/mol. The highest BCUT2D eigenvalue weighted by Crippen LogP contribution is 2.10. The summed E-state index contributed by atoms with van der Waals surface area (Å²) in [5.41, 5.74) is 0. The number of aryl methyl sites for hydroxylation is 1. The van der Waals surface area contributed by atoms with Crippen molar-refractivity contribution in [1.82, 2.24) is 15.5 Å². The van der Waals surface area contributed by atoms with Crippen LogP contribution < -0.4 is 5.32 Å². The second-order valence-electron chi connectivity index (χ2n) is 4.58. The highest BCUT2D eigenvalue weighted by Gasteiger charge is 2.12. The molecule has 0 bridgehead atoms. The van der Waals surface area contributed by atoms with Crippen molar-refractivity contribution in [2.75, 3.05) is 0 Å². The lowest BCUT2D eigenvalue weighted by Gasteiger charge is -2.10. The molecule has 0 fully saturated rings. The Morgan fingerprint density at radius 1 is 1.41 bits per heavy atom. The molecule has 1 atom stereocenters. The molecule has 1 N–H and O–H groups in total. The quantitative estimate of drug-likeness (QED) is 0.824. The van der Waals surface area contributed by atoms with Crippen molar-refractivity contribution in [3.63, 3.8) is 0 Å². The van der Waals surface area contributed by atoms with Gasteiger partial charge in [0.15, 0.2) is 5.82 Å². The topological polar surface area (TPSA) is 68.0 Å². The summed E-state index contributed by atoms with van der Waals surface area (Å²) < 4.78 is 5.07. The first kappa shape index (κ1) is 13.7. The highest BCUT2D eigenvalue weighted by atomic mass is 16.5. The summed E-state index contributed by atoms with van der Waals surface area (Å²) in [4.78, 5) is 15.7. The maximum Gasteiger partial charge on any atom is 0.227 e. The molecule has 1 unspecified atom stereocenters. The third kappa shape index (κ3) is 4.54. The van der Waals surface area contributed by atoms with E-state index >= 15 is 0 Å². The van der Waals surface area contributed by atoms with Gasteiger partial charge >= 0.3 is 0 Å². The van der Waals surface area contributed by atoms with Gasteiger partial charge in [0, 0.05) is 24.8 Å². The lowest BCUT2D eigenvalue weighted by atomic mass is 10.2. The van der Waals surface area contributed by atoms with Crippen LogP contribution in [0, 0.1) is 0 Å². The number of hydrogen-bond acceptors (Lipinski definition) is 4. The second kappa shape index (κ2) is 6.37. The molecule has 1 rings (SSSR count). The number of rotatable bonds is 6. The van der Waals surface area contributed by atoms with Gasteiger partial charge < -0.3 is 9.84 Å². The van der Waals surface area contributed by atoms with Crippen molar-refractivity contribution in [3.8, 4) is 0 Å². The molecule has 0 aliphatic rings. The Kier molecular flexibility index (Phi) is 5.12. The summed E-state index contributed by atoms with van der Waals surface area (Å²) in [5, 5.41) is 6.75. The molecule has 0 saturated carbocycles. The van der Waals surface area contributed by atoms with Gasteiger partial charge in [-0.15, -0.1) is 0 Å². The van der Waals surface area contributed by atoms with Gasteiger partial charge in [0.05, 0.1) is 0 Å². The molecule has 5 nitrogen and oxygen atoms in total. The molecule has 1 aromatic heterocycles. The SMILES string of the molecule is CCC(C)NC(=O)CCc1nc(C(C)C)no1. The zero-order chi connectivity index (χ0) is 12.8. The number of carbonyl (C=O) groups excluding carboxylic acids is 1. The first-order chi connectivity index (χ1) is 8.02. The predicted octanol–water partition coefficient (Wildman–Crippen LogP) is 2.04. The average Bonchev–Trinajstić information content (AvgIpc) is 2.75. The third-order valence-corrected chi connectivity index (χ3v) is 2.59. The smallest absolute Gasteiger partial charge is 0.227 e. The van der Waals surface area contributed by atoms with Gasteiger partial charge in [-0.2, -0.15) is 4.98 Å². The van der Waals surface area contributed by atoms with Crippen LogP contribution in [-0.4, -0.2) is 22.1 Å². The maximum absolute atomic E-state index is 11.5. The lowest BCUT2D eigenvalue weighted by Crippen LogP contribution is -2.32. The van der Waals surface area contributed by atoms with E-state index in [9.17, 15) is 4.79 Å². The largest absolute Gasteiger partial charge is 0.354 e. The number of carbonyl (C=O) groups is 1. The summed E-state index contributed by atoms with van der Waals surface area (Å²) in [7, 11) is 0. The van der Waals surface area contributed by atoms with E-state index in [2.05, 4.69) is 15.5 Å². The molecule has 5 heteroatoms. The fourth-order valence-corrected chi connectivity index (χ4v) is 1.27. The van der Waals surface area contributed by atoms with E-state index in [1.165, 1.54) is 0 Å². The first-order valence-corrected chi connectivity index (χ1v) is 6.14. The van der Waals surface area contributed by atoms with E-state index in [0.717, 1.165) is 6.42 Å². The molecule has 0 aliphatic carbocycles. The molecule has 0 aromatic carbocycles. The molecular formula is C12H21N3O2. The molecule has 1 aromatic rings. The summed E-state index contributed by atoms with van der Waals surface area (Å²) in [5.74, 6) is 1.51. The van der Waals surface area contributed by atoms with E-state index in [1.54, 1.807) is 0 Å². The Morgan fingerprint density at radius 2 is 2.12 bits per heavy atom. The molecule has 0 spiro atoms. The number of amides is 1. The van der Waals surface area contributed by atoms with E-state index < -0.39 is 0 Å². The predicted molar refractivity (Wildman–Crippen MR) is 64.6 cm³/mol. The minimum Gasteiger partial charge on any atom is -0.354 e. The Labute approximate surface area is 102 Å². The van der Waals surface area contributed by atoms with Gasteiger partial charge in [0.25, 0.3) is 0 Å². The molecule has 17 heavy (non-hydrogen) atoms. The van der Waals surface area contributed by atoms with Crippen LogP contribution in [0.4, 0.5) is 0 Å². The monoisotopic (exact) mass is 239 g/mol. The van der Waals surface area contributed by atoms with Crippen LogP contribution in [0.1, 0.15) is 58.2 Å². The van der Waals surface area contributed by atoms with Crippen molar-refractivity contribution in [2.45, 2.75) is 58.9 Å². The van der Waals surface area contributed by atoms with Gasteiger partial charge in [0.2, 0.25) is 11.8 Å². The Bertz CT molecular complexity index is 360. The summed E-state index contributed by atoms with van der Waals surface area (Å²) in [6, 6.07) is 0.219. The van der Waals surface area contributed by atoms with Gasteiger partial charge in [-0.1, -0.05) is 25.9 Å². The normalized spacial score (nSPS) is 12.8. The third-order valence-electron chi connectivity index (χ3n) is 2.59. The summed E-state index contributed by atoms with van der Waals surface area (Å²) >= 11 is 0. The van der Waals surface area contributed by atoms with Crippen molar-refractivity contribution in [3.05, 3.63) is 11.7 Å². The maximum atomic E-state index is 11.5. The molecule has 0 aliphatic heterocycles. The summed E-state index contributed by atoms with van der Waals surface area (Å²) in [6.07, 6.45) is 1.83. The van der Waals surface area contributed by atoms with Crippen LogP contribution >= 0.6 is 0 Å². The van der Waals surface area contributed by atoms with Crippen molar-refractivity contribution < 1.29 is 9.32 Å².